The third-order valence-electron chi connectivity index (χ3n) is 5.41. The Kier molecular flexibility index (Phi) is 8.51. The van der Waals surface area contributed by atoms with Gasteiger partial charge in [-0.1, -0.05) is 37.3 Å². The number of nitrogens with zero attached hydrogens (tertiary/aromatic N) is 1. The van der Waals surface area contributed by atoms with Crippen LogP contribution in [0.5, 0.6) is 0 Å². The van der Waals surface area contributed by atoms with Gasteiger partial charge < -0.3 is 15.0 Å². The van der Waals surface area contributed by atoms with E-state index in [9.17, 15) is 19.2 Å². The van der Waals surface area contributed by atoms with Gasteiger partial charge in [0.1, 0.15) is 0 Å². The summed E-state index contributed by atoms with van der Waals surface area (Å²) in [5, 5.41) is 2.76. The number of carbonyl (C=O) groups excluding carboxylic acids is 4. The van der Waals surface area contributed by atoms with Crippen LogP contribution in [0.3, 0.4) is 0 Å². The molecule has 0 bridgehead atoms. The third-order valence-corrected chi connectivity index (χ3v) is 5.41. The highest BCUT2D eigenvalue weighted by atomic mass is 16.5. The maximum absolute atomic E-state index is 13.1. The Morgan fingerprint density at radius 2 is 1.46 bits per heavy atom. The van der Waals surface area contributed by atoms with Crippen molar-refractivity contribution in [3.05, 3.63) is 95.6 Å². The largest absolute Gasteiger partial charge is 0.451 e. The number of ether oxygens (including phenoxy) is 1. The number of carbonyl (C=O) groups is 4. The maximum atomic E-state index is 13.1. The molecule has 1 unspecified atom stereocenters. The molecule has 0 aliphatic rings. The monoisotopic (exact) mass is 472 g/mol. The highest BCUT2D eigenvalue weighted by Crippen LogP contribution is 2.19. The van der Waals surface area contributed by atoms with Crippen LogP contribution in [0.4, 0.5) is 11.4 Å². The van der Waals surface area contributed by atoms with E-state index in [0.717, 1.165) is 6.42 Å². The Hall–Kier alpha value is -4.26. The molecular weight excluding hydrogens is 444 g/mol. The Morgan fingerprint density at radius 3 is 2.09 bits per heavy atom. The number of anilines is 2. The first kappa shape index (κ1) is 25.4. The van der Waals surface area contributed by atoms with Gasteiger partial charge in [-0.25, -0.2) is 4.79 Å². The number of hydrogen-bond acceptors (Lipinski definition) is 5. The van der Waals surface area contributed by atoms with Crippen LogP contribution in [0.25, 0.3) is 0 Å². The Balaban J connectivity index is 1.70. The number of esters is 1. The van der Waals surface area contributed by atoms with Crippen LogP contribution in [0.15, 0.2) is 78.9 Å². The zero-order chi connectivity index (χ0) is 25.4. The average Bonchev–Trinajstić information content (AvgIpc) is 2.88. The summed E-state index contributed by atoms with van der Waals surface area (Å²) in [7, 11) is 1.63. The minimum atomic E-state index is -1.07. The summed E-state index contributed by atoms with van der Waals surface area (Å²) in [5.74, 6) is -1.63. The standard InChI is InChI=1S/C28H28N2O5/c1-4-10-25(31)29-21-17-15-20(16-18-21)26(32)19(2)35-28(34)24-14-9-8-13-23(24)27(33)30(3)22-11-6-5-7-12-22/h5-9,11-19H,4,10H2,1-3H3,(H,29,31). The van der Waals surface area contributed by atoms with E-state index in [4.69, 9.17) is 4.74 Å². The second-order valence-electron chi connectivity index (χ2n) is 8.03. The molecule has 0 saturated heterocycles. The van der Waals surface area contributed by atoms with Crippen LogP contribution >= 0.6 is 0 Å². The first-order valence-electron chi connectivity index (χ1n) is 11.4. The van der Waals surface area contributed by atoms with E-state index in [0.29, 0.717) is 23.4 Å². The van der Waals surface area contributed by atoms with Gasteiger partial charge in [-0.2, -0.15) is 0 Å². The van der Waals surface area contributed by atoms with Crippen molar-refractivity contribution in [2.75, 3.05) is 17.3 Å². The van der Waals surface area contributed by atoms with Crippen molar-refractivity contribution in [2.24, 2.45) is 0 Å². The number of Topliss-reactive ketones (excluding diaryl/α,β-unsaturated/α-hetero) is 1. The number of rotatable bonds is 9. The molecule has 7 heteroatoms. The summed E-state index contributed by atoms with van der Waals surface area (Å²) in [5.41, 5.74) is 1.86. The maximum Gasteiger partial charge on any atom is 0.339 e. The van der Waals surface area contributed by atoms with Crippen molar-refractivity contribution in [3.63, 3.8) is 0 Å². The van der Waals surface area contributed by atoms with Crippen molar-refractivity contribution in [1.29, 1.82) is 0 Å². The fourth-order valence-corrected chi connectivity index (χ4v) is 3.48. The zero-order valence-corrected chi connectivity index (χ0v) is 20.0. The molecule has 0 saturated carbocycles. The van der Waals surface area contributed by atoms with E-state index in [-0.39, 0.29) is 22.9 Å². The molecule has 0 spiro atoms. The molecule has 0 aliphatic heterocycles. The third kappa shape index (κ3) is 6.41. The van der Waals surface area contributed by atoms with E-state index in [1.807, 2.05) is 25.1 Å². The van der Waals surface area contributed by atoms with Crippen molar-refractivity contribution in [3.8, 4) is 0 Å². The second-order valence-corrected chi connectivity index (χ2v) is 8.03. The van der Waals surface area contributed by atoms with Gasteiger partial charge in [0.05, 0.1) is 11.1 Å². The van der Waals surface area contributed by atoms with Crippen molar-refractivity contribution >= 4 is 34.9 Å². The summed E-state index contributed by atoms with van der Waals surface area (Å²) in [6, 6.07) is 21.8. The quantitative estimate of drug-likeness (QED) is 0.344. The van der Waals surface area contributed by atoms with Gasteiger partial charge in [0.25, 0.3) is 5.91 Å². The molecule has 3 aromatic carbocycles. The molecule has 0 radical (unpaired) electrons. The predicted octanol–water partition coefficient (Wildman–Crippen LogP) is 5.13. The SMILES string of the molecule is CCCC(=O)Nc1ccc(C(=O)C(C)OC(=O)c2ccccc2C(=O)N(C)c2ccccc2)cc1. The molecule has 35 heavy (non-hydrogen) atoms. The van der Waals surface area contributed by atoms with Crippen LogP contribution in [0, 0.1) is 0 Å². The van der Waals surface area contributed by atoms with Gasteiger partial charge in [0.2, 0.25) is 11.7 Å². The first-order valence-corrected chi connectivity index (χ1v) is 11.4. The summed E-state index contributed by atoms with van der Waals surface area (Å²) < 4.78 is 5.43. The van der Waals surface area contributed by atoms with E-state index < -0.39 is 17.9 Å². The van der Waals surface area contributed by atoms with E-state index in [1.54, 1.807) is 61.6 Å². The lowest BCUT2D eigenvalue weighted by Gasteiger charge is -2.19. The lowest BCUT2D eigenvalue weighted by molar-refractivity contribution is -0.116. The highest BCUT2D eigenvalue weighted by molar-refractivity contribution is 6.12. The average molecular weight is 473 g/mol. The first-order chi connectivity index (χ1) is 16.8. The molecule has 1 N–H and O–H groups in total. The molecule has 0 aromatic heterocycles. The summed E-state index contributed by atoms with van der Waals surface area (Å²) >= 11 is 0. The van der Waals surface area contributed by atoms with E-state index >= 15 is 0 Å². The van der Waals surface area contributed by atoms with Gasteiger partial charge in [-0.15, -0.1) is 0 Å². The fourth-order valence-electron chi connectivity index (χ4n) is 3.48. The number of benzene rings is 3. The van der Waals surface area contributed by atoms with Crippen LogP contribution in [-0.2, 0) is 9.53 Å². The molecular formula is C28H28N2O5. The van der Waals surface area contributed by atoms with E-state index in [2.05, 4.69) is 5.32 Å². The molecule has 0 aliphatic carbocycles. The molecule has 0 fully saturated rings. The van der Waals surface area contributed by atoms with Crippen LogP contribution in [-0.4, -0.2) is 36.7 Å². The van der Waals surface area contributed by atoms with Gasteiger partial charge in [-0.05, 0) is 61.9 Å². The summed E-state index contributed by atoms with van der Waals surface area (Å²) in [6.07, 6.45) is 0.0828. The summed E-state index contributed by atoms with van der Waals surface area (Å²) in [4.78, 5) is 52.0. The topological polar surface area (TPSA) is 92.8 Å². The van der Waals surface area contributed by atoms with Gasteiger partial charge in [0.15, 0.2) is 6.10 Å². The number of hydrogen-bond donors (Lipinski definition) is 1. The van der Waals surface area contributed by atoms with Crippen molar-refractivity contribution < 1.29 is 23.9 Å². The molecule has 3 rings (SSSR count). The Labute approximate surface area is 204 Å². The molecule has 180 valence electrons. The number of ketones is 1. The van der Waals surface area contributed by atoms with Gasteiger partial charge in [-0.3, -0.25) is 14.4 Å². The number of para-hydroxylation sites is 1. The normalized spacial score (nSPS) is 11.3. The molecule has 2 amide bonds. The lowest BCUT2D eigenvalue weighted by Crippen LogP contribution is -2.29. The van der Waals surface area contributed by atoms with Crippen LogP contribution in [0.1, 0.15) is 57.8 Å². The Bertz CT molecular complexity index is 1210. The predicted molar refractivity (Wildman–Crippen MR) is 135 cm³/mol. The molecule has 1 atom stereocenters. The fraction of sp³-hybridized carbons (Fsp3) is 0.214. The van der Waals surface area contributed by atoms with Crippen molar-refractivity contribution in [1.82, 2.24) is 0 Å². The minimum absolute atomic E-state index is 0.0777. The molecule has 7 nitrogen and oxygen atoms in total. The number of nitrogens with one attached hydrogen (secondary N) is 1. The highest BCUT2D eigenvalue weighted by Gasteiger charge is 2.25. The smallest absolute Gasteiger partial charge is 0.339 e. The van der Waals surface area contributed by atoms with Crippen LogP contribution in [0.2, 0.25) is 0 Å². The summed E-state index contributed by atoms with van der Waals surface area (Å²) in [6.45, 7) is 3.40. The van der Waals surface area contributed by atoms with Crippen LogP contribution < -0.4 is 10.2 Å². The lowest BCUT2D eigenvalue weighted by atomic mass is 10.0. The van der Waals surface area contributed by atoms with E-state index in [1.165, 1.54) is 17.9 Å². The Morgan fingerprint density at radius 1 is 0.857 bits per heavy atom. The molecule has 0 heterocycles. The van der Waals surface area contributed by atoms with Crippen molar-refractivity contribution in [2.45, 2.75) is 32.8 Å². The zero-order valence-electron chi connectivity index (χ0n) is 20.0. The molecule has 3 aromatic rings. The minimum Gasteiger partial charge on any atom is -0.451 e. The van der Waals surface area contributed by atoms with Gasteiger partial charge >= 0.3 is 5.97 Å². The van der Waals surface area contributed by atoms with Gasteiger partial charge in [0, 0.05) is 30.4 Å². The number of amides is 2. The second kappa shape index (κ2) is 11.7.